The fourth-order valence-corrected chi connectivity index (χ4v) is 23.7. The van der Waals surface area contributed by atoms with Crippen molar-refractivity contribution in [3.8, 4) is 0 Å². The summed E-state index contributed by atoms with van der Waals surface area (Å²) in [6.07, 6.45) is 8.73. The van der Waals surface area contributed by atoms with Crippen molar-refractivity contribution in [1.29, 1.82) is 0 Å². The zero-order valence-electron chi connectivity index (χ0n) is 14.8. The van der Waals surface area contributed by atoms with Crippen LogP contribution in [-0.4, -0.2) is 4.21 Å². The summed E-state index contributed by atoms with van der Waals surface area (Å²) >= 11 is -5.61. The maximum absolute atomic E-state index is 7.90. The first-order chi connectivity index (χ1) is 11.5. The van der Waals surface area contributed by atoms with Gasteiger partial charge < -0.3 is 0 Å². The van der Waals surface area contributed by atoms with Gasteiger partial charge in [0.15, 0.2) is 0 Å². The first-order valence-corrected chi connectivity index (χ1v) is 24.1. The van der Waals surface area contributed by atoms with Gasteiger partial charge in [0.1, 0.15) is 0 Å². The fourth-order valence-electron chi connectivity index (χ4n) is 5.02. The van der Waals surface area contributed by atoms with Gasteiger partial charge in [-0.3, -0.25) is 0 Å². The molecule has 0 aromatic heterocycles. The van der Waals surface area contributed by atoms with Gasteiger partial charge in [-0.05, 0) is 0 Å². The zero-order valence-corrected chi connectivity index (χ0v) is 18.7. The van der Waals surface area contributed by atoms with Crippen molar-refractivity contribution in [2.75, 3.05) is 0 Å². The van der Waals surface area contributed by atoms with Crippen LogP contribution in [0.4, 0.5) is 0 Å². The Morgan fingerprint density at radius 2 is 1.24 bits per heavy atom. The summed E-state index contributed by atoms with van der Waals surface area (Å²) < 4.78 is 7.56. The summed E-state index contributed by atoms with van der Waals surface area (Å²) in [5, 5.41) is 0. The Balaban J connectivity index is 2.07. The quantitative estimate of drug-likeness (QED) is 0.454. The molecule has 0 nitrogen and oxygen atoms in total. The molecule has 0 heterocycles. The van der Waals surface area contributed by atoms with Crippen molar-refractivity contribution >= 4 is 33.4 Å². The number of hydrogen-bond acceptors (Lipinski definition) is 0. The monoisotopic (exact) mass is 448 g/mol. The van der Waals surface area contributed by atoms with Gasteiger partial charge in [-0.2, -0.15) is 0 Å². The Morgan fingerprint density at radius 1 is 0.840 bits per heavy atom. The van der Waals surface area contributed by atoms with Crippen molar-refractivity contribution in [3.63, 3.8) is 0 Å². The second-order valence-corrected chi connectivity index (χ2v) is 52.7. The summed E-state index contributed by atoms with van der Waals surface area (Å²) in [7, 11) is 15.8. The Hall–Kier alpha value is -0.747. The van der Waals surface area contributed by atoms with Crippen LogP contribution in [0.2, 0.25) is 8.76 Å². The van der Waals surface area contributed by atoms with Gasteiger partial charge >= 0.3 is 152 Å². The minimum atomic E-state index is -5.61. The van der Waals surface area contributed by atoms with E-state index in [1.54, 1.807) is 0 Å². The molecular weight excluding hydrogens is 426 g/mol. The van der Waals surface area contributed by atoms with E-state index in [1.165, 1.54) is 22.3 Å². The molecule has 0 fully saturated rings. The third kappa shape index (κ3) is 2.19. The summed E-state index contributed by atoms with van der Waals surface area (Å²) in [5.74, 6) is 0. The number of rotatable bonds is 3. The second kappa shape index (κ2) is 4.38. The molecule has 0 aliphatic heterocycles. The molecule has 0 bridgehead atoms. The summed E-state index contributed by atoms with van der Waals surface area (Å²) in [4.78, 5) is 0. The Kier molecular flexibility index (Phi) is 3.10. The van der Waals surface area contributed by atoms with Gasteiger partial charge in [-0.15, -0.1) is 0 Å². The summed E-state index contributed by atoms with van der Waals surface area (Å²) in [6, 6.07) is 16.8. The summed E-state index contributed by atoms with van der Waals surface area (Å²) in [6.45, 7) is 2.12. The van der Waals surface area contributed by atoms with E-state index in [0.29, 0.717) is 4.13 Å². The van der Waals surface area contributed by atoms with E-state index in [0.717, 1.165) is 0 Å². The normalized spacial score (nSPS) is 25.5. The Labute approximate surface area is 151 Å². The van der Waals surface area contributed by atoms with E-state index in [4.69, 9.17) is 21.2 Å². The second-order valence-electron chi connectivity index (χ2n) is 9.22. The van der Waals surface area contributed by atoms with Crippen LogP contribution in [0.3, 0.4) is 0 Å². The summed E-state index contributed by atoms with van der Waals surface area (Å²) in [5.41, 5.74) is 4.84. The SMILES string of the molecule is [CH2]=[Zr]([CH3])([Cl])([Cl])([CH2]C)([CH]1C=Cc2ccccc21)[CH]1C=Cc2ccccc21. The standard InChI is InChI=1S/2C9H7.C2H5.CH3.CH2.2ClH.Zr/c2*1-2-5-9-7-3-6-8(9)4-1;1-2;;;;;/h2*1-7H;1H2,2H3;1H3;1H2;2*1H;/q;;;;;;;+2/p-2. The predicted octanol–water partition coefficient (Wildman–Crippen LogP) is 7.51. The molecule has 130 valence electrons. The number of benzene rings is 2. The number of fused-ring (bicyclic) bond motifs is 2. The first-order valence-electron chi connectivity index (χ1n) is 9.01. The number of hydrogen-bond donors (Lipinski definition) is 0. The molecule has 25 heavy (non-hydrogen) atoms. The van der Waals surface area contributed by atoms with Crippen LogP contribution in [0.25, 0.3) is 12.2 Å². The number of allylic oxidation sites excluding steroid dienone is 2. The molecule has 0 spiro atoms. The zero-order chi connectivity index (χ0) is 18.0. The van der Waals surface area contributed by atoms with Gasteiger partial charge in [0.05, 0.1) is 0 Å². The van der Waals surface area contributed by atoms with E-state index in [9.17, 15) is 0 Å². The van der Waals surface area contributed by atoms with Crippen LogP contribution < -0.4 is 0 Å². The van der Waals surface area contributed by atoms with E-state index in [-0.39, 0.29) is 7.25 Å². The van der Waals surface area contributed by atoms with Crippen molar-refractivity contribution in [3.05, 3.63) is 82.9 Å². The number of halogens is 2. The van der Waals surface area contributed by atoms with Crippen LogP contribution in [0.5, 0.6) is 0 Å². The van der Waals surface area contributed by atoms with Crippen LogP contribution >= 0.6 is 17.0 Å². The van der Waals surface area contributed by atoms with Gasteiger partial charge in [-0.1, -0.05) is 0 Å². The Bertz CT molecular complexity index is 1010. The van der Waals surface area contributed by atoms with Crippen molar-refractivity contribution in [2.45, 2.75) is 22.9 Å². The van der Waals surface area contributed by atoms with Gasteiger partial charge in [0.25, 0.3) is 0 Å². The average molecular weight is 451 g/mol. The molecule has 2 aromatic rings. The first kappa shape index (κ1) is 17.7. The van der Waals surface area contributed by atoms with E-state index in [1.807, 2.05) is 0 Å². The van der Waals surface area contributed by atoms with Gasteiger partial charge in [0, 0.05) is 0 Å². The van der Waals surface area contributed by atoms with Crippen molar-refractivity contribution < 1.29 is 12.9 Å². The molecule has 4 rings (SSSR count). The molecular formula is C22H24Cl2Zr. The molecule has 0 N–H and O–H groups in total. The predicted molar refractivity (Wildman–Crippen MR) is 112 cm³/mol. The molecule has 0 amide bonds. The third-order valence-corrected chi connectivity index (χ3v) is 36.2. The van der Waals surface area contributed by atoms with Crippen LogP contribution in [-0.2, 0) is 12.9 Å². The maximum atomic E-state index is 7.90. The molecule has 0 radical (unpaired) electrons. The molecule has 2 atom stereocenters. The van der Waals surface area contributed by atoms with Crippen LogP contribution in [0, 0.1) is 0 Å². The molecule has 2 aliphatic carbocycles. The van der Waals surface area contributed by atoms with Gasteiger partial charge in [-0.25, -0.2) is 0 Å². The van der Waals surface area contributed by atoms with Crippen molar-refractivity contribution in [1.82, 2.24) is 0 Å². The fraction of sp³-hybridized carbons (Fsp3) is 0.227. The molecule has 2 unspecified atom stereocenters. The molecule has 0 saturated heterocycles. The van der Waals surface area contributed by atoms with Crippen LogP contribution in [0.15, 0.2) is 60.7 Å². The Morgan fingerprint density at radius 3 is 1.64 bits per heavy atom. The van der Waals surface area contributed by atoms with E-state index >= 15 is 0 Å². The van der Waals surface area contributed by atoms with Crippen LogP contribution in [0.1, 0.15) is 36.4 Å². The molecule has 2 aromatic carbocycles. The topological polar surface area (TPSA) is 0 Å². The van der Waals surface area contributed by atoms with Gasteiger partial charge in [0.2, 0.25) is 0 Å². The molecule has 0 saturated carbocycles. The third-order valence-electron chi connectivity index (χ3n) is 7.21. The van der Waals surface area contributed by atoms with Crippen molar-refractivity contribution in [2.24, 2.45) is 0 Å². The van der Waals surface area contributed by atoms with E-state index < -0.39 is 12.9 Å². The molecule has 3 heteroatoms. The van der Waals surface area contributed by atoms with E-state index in [2.05, 4.69) is 84.4 Å². The average Bonchev–Trinajstić information content (AvgIpc) is 3.21. The molecule has 2 aliphatic rings. The minimum absolute atomic E-state index is 0.0536.